The Labute approximate surface area is 67.5 Å². The summed E-state index contributed by atoms with van der Waals surface area (Å²) in [7, 11) is 0. The van der Waals surface area contributed by atoms with E-state index in [9.17, 15) is 9.59 Å². The largest absolute Gasteiger partial charge is 0.363 e. The van der Waals surface area contributed by atoms with Gasteiger partial charge in [0.15, 0.2) is 0 Å². The Bertz CT molecular complexity index is 186. The van der Waals surface area contributed by atoms with Crippen molar-refractivity contribution in [3.05, 3.63) is 0 Å². The molecule has 0 aliphatic heterocycles. The maximum Gasteiger partial charge on any atom is 0.285 e. The number of ketones is 1. The minimum absolute atomic E-state index is 0.415. The fraction of sp³-hybridized carbons (Fsp3) is 0.600. The van der Waals surface area contributed by atoms with Gasteiger partial charge in [0.25, 0.3) is 5.91 Å². The van der Waals surface area contributed by atoms with Crippen LogP contribution in [-0.2, 0) is 9.59 Å². The molecule has 10 heavy (non-hydrogen) atoms. The fourth-order valence-electron chi connectivity index (χ4n) is 0.693. The molecular weight excluding hydrogens is 177 g/mol. The van der Waals surface area contributed by atoms with Crippen molar-refractivity contribution in [3.8, 4) is 0 Å². The molecule has 1 aliphatic rings. The summed E-state index contributed by atoms with van der Waals surface area (Å²) in [5, 5.41) is -0.830. The fourth-order valence-corrected chi connectivity index (χ4v) is 1.46. The molecule has 0 spiro atoms. The molecule has 0 heterocycles. The average molecular weight is 182 g/mol. The number of hydrogen-bond acceptors (Lipinski definition) is 2. The second-order valence-corrected chi connectivity index (χ2v) is 3.15. The first-order chi connectivity index (χ1) is 4.55. The first kappa shape index (κ1) is 7.82. The molecule has 2 atom stereocenters. The lowest BCUT2D eigenvalue weighted by Crippen LogP contribution is -2.25. The van der Waals surface area contributed by atoms with Crippen molar-refractivity contribution in [2.45, 2.75) is 10.8 Å². The van der Waals surface area contributed by atoms with Gasteiger partial charge in [0.1, 0.15) is 0 Å². The van der Waals surface area contributed by atoms with Crippen LogP contribution in [0.4, 0.5) is 0 Å². The van der Waals surface area contributed by atoms with Gasteiger partial charge in [-0.1, -0.05) is 0 Å². The zero-order valence-electron chi connectivity index (χ0n) is 4.88. The van der Waals surface area contributed by atoms with Gasteiger partial charge in [-0.15, -0.1) is 23.2 Å². The summed E-state index contributed by atoms with van der Waals surface area (Å²) in [6.07, 6.45) is 0. The third-order valence-corrected chi connectivity index (χ3v) is 2.61. The summed E-state index contributed by atoms with van der Waals surface area (Å²) in [6.45, 7) is 0. The van der Waals surface area contributed by atoms with E-state index >= 15 is 0 Å². The van der Waals surface area contributed by atoms with E-state index in [1.165, 1.54) is 0 Å². The van der Waals surface area contributed by atoms with E-state index in [0.717, 1.165) is 0 Å². The minimum atomic E-state index is -0.959. The number of hydrogen-bond donors (Lipinski definition) is 1. The van der Waals surface area contributed by atoms with Crippen LogP contribution in [0.2, 0.25) is 0 Å². The molecule has 0 aromatic carbocycles. The van der Waals surface area contributed by atoms with Gasteiger partial charge in [0, 0.05) is 0 Å². The van der Waals surface area contributed by atoms with E-state index in [1.807, 2.05) is 0 Å². The Morgan fingerprint density at radius 1 is 1.20 bits per heavy atom. The zero-order chi connectivity index (χ0) is 7.89. The summed E-state index contributed by atoms with van der Waals surface area (Å²) in [6, 6.07) is 0. The SMILES string of the molecule is NC(=O)C(=O)C1C(Cl)C1Cl. The number of amides is 1. The minimum Gasteiger partial charge on any atom is -0.363 e. The van der Waals surface area contributed by atoms with Crippen LogP contribution in [0.3, 0.4) is 0 Å². The highest BCUT2D eigenvalue weighted by Gasteiger charge is 2.54. The van der Waals surface area contributed by atoms with Gasteiger partial charge in [-0.25, -0.2) is 0 Å². The van der Waals surface area contributed by atoms with Crippen molar-refractivity contribution in [2.75, 3.05) is 0 Å². The number of nitrogens with two attached hydrogens (primary N) is 1. The molecule has 0 aromatic heterocycles. The number of primary amides is 1. The second-order valence-electron chi connectivity index (χ2n) is 2.14. The van der Waals surface area contributed by atoms with Crippen molar-refractivity contribution in [1.82, 2.24) is 0 Å². The van der Waals surface area contributed by atoms with Crippen LogP contribution in [0.1, 0.15) is 0 Å². The molecule has 0 bridgehead atoms. The van der Waals surface area contributed by atoms with Gasteiger partial charge in [-0.05, 0) is 0 Å². The van der Waals surface area contributed by atoms with Gasteiger partial charge in [0.05, 0.1) is 16.7 Å². The van der Waals surface area contributed by atoms with E-state index in [1.54, 1.807) is 0 Å². The molecule has 56 valence electrons. The average Bonchev–Trinajstić information content (AvgIpc) is 2.40. The maximum absolute atomic E-state index is 10.7. The molecule has 2 unspecified atom stereocenters. The molecule has 1 fully saturated rings. The Balaban J connectivity index is 2.54. The third kappa shape index (κ3) is 1.11. The lowest BCUT2D eigenvalue weighted by Gasteiger charge is -1.87. The molecule has 0 radical (unpaired) electrons. The Kier molecular flexibility index (Phi) is 1.88. The van der Waals surface area contributed by atoms with Crippen LogP contribution in [0.5, 0.6) is 0 Å². The lowest BCUT2D eigenvalue weighted by molar-refractivity contribution is -0.136. The van der Waals surface area contributed by atoms with Crippen molar-refractivity contribution >= 4 is 34.9 Å². The number of halogens is 2. The van der Waals surface area contributed by atoms with Crippen molar-refractivity contribution in [1.29, 1.82) is 0 Å². The summed E-state index contributed by atoms with van der Waals surface area (Å²) in [5.41, 5.74) is 4.70. The number of carbonyl (C=O) groups excluding carboxylic acids is 2. The first-order valence-electron chi connectivity index (χ1n) is 2.67. The monoisotopic (exact) mass is 181 g/mol. The van der Waals surface area contributed by atoms with E-state index in [0.29, 0.717) is 0 Å². The molecule has 1 saturated carbocycles. The molecule has 3 nitrogen and oxygen atoms in total. The molecule has 1 amide bonds. The van der Waals surface area contributed by atoms with Crippen LogP contribution in [0, 0.1) is 5.92 Å². The number of carbonyl (C=O) groups is 2. The summed E-state index contributed by atoms with van der Waals surface area (Å²) >= 11 is 11.0. The van der Waals surface area contributed by atoms with Crippen LogP contribution >= 0.6 is 23.2 Å². The van der Waals surface area contributed by atoms with Gasteiger partial charge in [0.2, 0.25) is 5.78 Å². The molecule has 1 rings (SSSR count). The Morgan fingerprint density at radius 3 is 1.70 bits per heavy atom. The molecule has 0 aromatic rings. The number of Topliss-reactive ketones (excluding diaryl/α,β-unsaturated/α-hetero) is 1. The highest BCUT2D eigenvalue weighted by Crippen LogP contribution is 2.42. The van der Waals surface area contributed by atoms with Crippen molar-refractivity contribution in [3.63, 3.8) is 0 Å². The maximum atomic E-state index is 10.7. The number of rotatable bonds is 2. The van der Waals surface area contributed by atoms with E-state index in [2.05, 4.69) is 0 Å². The van der Waals surface area contributed by atoms with Crippen LogP contribution < -0.4 is 5.73 Å². The summed E-state index contributed by atoms with van der Waals surface area (Å²) in [4.78, 5) is 20.9. The Hall–Kier alpha value is -0.280. The molecule has 2 N–H and O–H groups in total. The summed E-state index contributed by atoms with van der Waals surface area (Å²) in [5.74, 6) is -2.18. The van der Waals surface area contributed by atoms with Gasteiger partial charge < -0.3 is 5.73 Å². The van der Waals surface area contributed by atoms with E-state index in [-0.39, 0.29) is 0 Å². The normalized spacial score (nSPS) is 37.2. The van der Waals surface area contributed by atoms with Crippen molar-refractivity contribution < 1.29 is 9.59 Å². The standard InChI is InChI=1S/C5H5Cl2NO2/c6-2-1(3(2)7)4(9)5(8)10/h1-3H,(H2,8,10). The highest BCUT2D eigenvalue weighted by atomic mass is 35.5. The van der Waals surface area contributed by atoms with Gasteiger partial charge >= 0.3 is 0 Å². The molecular formula is C5H5Cl2NO2. The van der Waals surface area contributed by atoms with Gasteiger partial charge in [-0.2, -0.15) is 0 Å². The van der Waals surface area contributed by atoms with Crippen LogP contribution in [0.25, 0.3) is 0 Å². The molecule has 5 heteroatoms. The third-order valence-electron chi connectivity index (χ3n) is 1.40. The Morgan fingerprint density at radius 2 is 1.60 bits per heavy atom. The summed E-state index contributed by atoms with van der Waals surface area (Å²) < 4.78 is 0. The highest BCUT2D eigenvalue weighted by molar-refractivity contribution is 6.45. The zero-order valence-corrected chi connectivity index (χ0v) is 6.39. The van der Waals surface area contributed by atoms with Crippen LogP contribution in [0.15, 0.2) is 0 Å². The van der Waals surface area contributed by atoms with E-state index in [4.69, 9.17) is 28.9 Å². The van der Waals surface area contributed by atoms with Crippen molar-refractivity contribution in [2.24, 2.45) is 11.7 Å². The quantitative estimate of drug-likeness (QED) is 0.478. The lowest BCUT2D eigenvalue weighted by atomic mass is 10.2. The first-order valence-corrected chi connectivity index (χ1v) is 3.54. The van der Waals surface area contributed by atoms with Gasteiger partial charge in [-0.3, -0.25) is 9.59 Å². The predicted molar refractivity (Wildman–Crippen MR) is 37.0 cm³/mol. The number of alkyl halides is 2. The molecule has 1 aliphatic carbocycles. The van der Waals surface area contributed by atoms with Crippen LogP contribution in [-0.4, -0.2) is 22.4 Å². The second kappa shape index (κ2) is 2.40. The predicted octanol–water partition coefficient (Wildman–Crippen LogP) is -0.115. The molecule has 0 saturated heterocycles. The topological polar surface area (TPSA) is 60.2 Å². The van der Waals surface area contributed by atoms with E-state index < -0.39 is 28.4 Å². The smallest absolute Gasteiger partial charge is 0.285 e.